The van der Waals surface area contributed by atoms with Crippen molar-refractivity contribution in [2.24, 2.45) is 0 Å². The van der Waals surface area contributed by atoms with Crippen LogP contribution in [-0.2, 0) is 12.4 Å². The van der Waals surface area contributed by atoms with Crippen molar-refractivity contribution in [2.75, 3.05) is 12.5 Å². The van der Waals surface area contributed by atoms with Crippen LogP contribution in [-0.4, -0.2) is 12.0 Å². The molecule has 0 saturated carbocycles. The number of hydrogen-bond donors (Lipinski definition) is 2. The first-order valence-electron chi connectivity index (χ1n) is 4.24. The molecule has 0 aliphatic carbocycles. The lowest BCUT2D eigenvalue weighted by molar-refractivity contribution is -0.145. The van der Waals surface area contributed by atoms with Crippen LogP contribution in [0.1, 0.15) is 11.3 Å². The number of rotatable bonds is 2. The van der Waals surface area contributed by atoms with Crippen LogP contribution in [0.2, 0.25) is 0 Å². The van der Waals surface area contributed by atoms with Gasteiger partial charge in [-0.15, -0.1) is 0 Å². The number of hydrogen-bond acceptors (Lipinski definition) is 3. The third kappa shape index (κ3) is 3.48. The summed E-state index contributed by atoms with van der Waals surface area (Å²) in [5.74, 6) is -0.561. The van der Waals surface area contributed by atoms with Crippen molar-refractivity contribution in [1.82, 2.24) is 10.4 Å². The molecule has 1 heterocycles. The lowest BCUT2D eigenvalue weighted by Crippen LogP contribution is -2.20. The highest BCUT2D eigenvalue weighted by molar-refractivity contribution is 5.40. The van der Waals surface area contributed by atoms with Gasteiger partial charge in [0, 0.05) is 7.05 Å². The van der Waals surface area contributed by atoms with Crippen molar-refractivity contribution in [3.63, 3.8) is 0 Å². The van der Waals surface area contributed by atoms with Crippen LogP contribution in [0, 0.1) is 0 Å². The maximum Gasteiger partial charge on any atom is 0.433 e. The van der Waals surface area contributed by atoms with Crippen molar-refractivity contribution in [1.29, 1.82) is 0 Å². The lowest BCUT2D eigenvalue weighted by atomic mass is 10.2. The van der Waals surface area contributed by atoms with Crippen LogP contribution >= 0.6 is 0 Å². The molecule has 1 rings (SSSR count). The summed E-state index contributed by atoms with van der Waals surface area (Å²) in [4.78, 5) is 3.01. The maximum atomic E-state index is 12.3. The summed E-state index contributed by atoms with van der Waals surface area (Å²) in [6.07, 6.45) is -9.81. The Labute approximate surface area is 91.8 Å². The minimum atomic E-state index is -4.94. The van der Waals surface area contributed by atoms with Crippen LogP contribution in [0.3, 0.4) is 0 Å². The summed E-state index contributed by atoms with van der Waals surface area (Å²) in [6, 6.07) is 0.437. The van der Waals surface area contributed by atoms with Gasteiger partial charge in [0.25, 0.3) is 0 Å². The maximum absolute atomic E-state index is 12.3. The first kappa shape index (κ1) is 13.6. The quantitative estimate of drug-likeness (QED) is 0.633. The van der Waals surface area contributed by atoms with Gasteiger partial charge in [-0.05, 0) is 12.1 Å². The molecule has 0 unspecified atom stereocenters. The third-order valence-corrected chi connectivity index (χ3v) is 1.70. The van der Waals surface area contributed by atoms with Gasteiger partial charge < -0.3 is 5.43 Å². The third-order valence-electron chi connectivity index (χ3n) is 1.70. The first-order valence-corrected chi connectivity index (χ1v) is 4.24. The summed E-state index contributed by atoms with van der Waals surface area (Å²) in [5, 5.41) is 0. The molecule has 0 bridgehead atoms. The molecule has 9 heteroatoms. The van der Waals surface area contributed by atoms with Crippen LogP contribution in [0.25, 0.3) is 0 Å². The van der Waals surface area contributed by atoms with E-state index in [0.717, 1.165) is 0 Å². The fourth-order valence-electron chi connectivity index (χ4n) is 1.03. The van der Waals surface area contributed by atoms with E-state index in [-0.39, 0.29) is 6.07 Å². The van der Waals surface area contributed by atoms with E-state index in [0.29, 0.717) is 6.07 Å². The summed E-state index contributed by atoms with van der Waals surface area (Å²) in [6.45, 7) is 0. The molecule has 0 atom stereocenters. The minimum absolute atomic E-state index is 0.0408. The molecule has 0 fully saturated rings. The standard InChI is InChI=1S/C8H7F6N3/c1-15-17-6-3-4(7(9,10)11)2-5(16-6)8(12,13)14/h2-3,15H,1H3,(H,16,17). The number of hydrazine groups is 1. The molecule has 0 amide bonds. The number of aromatic nitrogens is 1. The second-order valence-electron chi connectivity index (χ2n) is 3.00. The number of nitrogens with zero attached hydrogens (tertiary/aromatic N) is 1. The Morgan fingerprint density at radius 3 is 2.00 bits per heavy atom. The van der Waals surface area contributed by atoms with Gasteiger partial charge in [0.05, 0.1) is 5.56 Å². The number of halogens is 6. The van der Waals surface area contributed by atoms with Crippen molar-refractivity contribution in [2.45, 2.75) is 12.4 Å². The van der Waals surface area contributed by atoms with Gasteiger partial charge in [-0.2, -0.15) is 26.3 Å². The molecular weight excluding hydrogens is 252 g/mol. The van der Waals surface area contributed by atoms with Crippen LogP contribution in [0.4, 0.5) is 32.2 Å². The average molecular weight is 259 g/mol. The predicted molar refractivity (Wildman–Crippen MR) is 46.9 cm³/mol. The topological polar surface area (TPSA) is 37.0 Å². The molecule has 2 N–H and O–H groups in total. The van der Waals surface area contributed by atoms with E-state index in [1.54, 1.807) is 0 Å². The Bertz CT molecular complexity index is 365. The molecule has 1 aromatic heterocycles. The zero-order valence-corrected chi connectivity index (χ0v) is 8.37. The van der Waals surface area contributed by atoms with Gasteiger partial charge in [-0.1, -0.05) is 0 Å². The van der Waals surface area contributed by atoms with Crippen LogP contribution in [0.5, 0.6) is 0 Å². The molecule has 0 aliphatic heterocycles. The van der Waals surface area contributed by atoms with E-state index < -0.39 is 29.4 Å². The average Bonchev–Trinajstić information content (AvgIpc) is 2.15. The molecule has 0 saturated heterocycles. The molecule has 0 radical (unpaired) electrons. The van der Waals surface area contributed by atoms with E-state index in [4.69, 9.17) is 0 Å². The highest BCUT2D eigenvalue weighted by Gasteiger charge is 2.38. The summed E-state index contributed by atoms with van der Waals surface area (Å²) >= 11 is 0. The highest BCUT2D eigenvalue weighted by atomic mass is 19.4. The lowest BCUT2D eigenvalue weighted by Gasteiger charge is -2.13. The van der Waals surface area contributed by atoms with Crippen LogP contribution < -0.4 is 10.9 Å². The first-order chi connectivity index (χ1) is 7.64. The summed E-state index contributed by atoms with van der Waals surface area (Å²) in [7, 11) is 1.29. The SMILES string of the molecule is CNNc1cc(C(F)(F)F)cc(C(F)(F)F)n1. The van der Waals surface area contributed by atoms with Crippen molar-refractivity contribution >= 4 is 5.82 Å². The van der Waals surface area contributed by atoms with Gasteiger partial charge in [-0.25, -0.2) is 10.4 Å². The molecule has 3 nitrogen and oxygen atoms in total. The Kier molecular flexibility index (Phi) is 3.51. The fraction of sp³-hybridized carbons (Fsp3) is 0.375. The Morgan fingerprint density at radius 1 is 1.00 bits per heavy atom. The molecule has 0 aliphatic rings. The molecule has 1 aromatic rings. The van der Waals surface area contributed by atoms with E-state index in [9.17, 15) is 26.3 Å². The molecular formula is C8H7F6N3. The van der Waals surface area contributed by atoms with E-state index >= 15 is 0 Å². The molecule has 96 valence electrons. The van der Waals surface area contributed by atoms with E-state index in [1.165, 1.54) is 7.05 Å². The highest BCUT2D eigenvalue weighted by Crippen LogP contribution is 2.35. The summed E-state index contributed by atoms with van der Waals surface area (Å²) in [5.41, 5.74) is 1.24. The largest absolute Gasteiger partial charge is 0.433 e. The zero-order valence-electron chi connectivity index (χ0n) is 8.37. The van der Waals surface area contributed by atoms with E-state index in [1.807, 2.05) is 0 Å². The van der Waals surface area contributed by atoms with Gasteiger partial charge in [0.2, 0.25) is 0 Å². The van der Waals surface area contributed by atoms with Gasteiger partial charge in [0.1, 0.15) is 11.5 Å². The molecule has 0 spiro atoms. The normalized spacial score (nSPS) is 12.6. The number of nitrogens with one attached hydrogen (secondary N) is 2. The minimum Gasteiger partial charge on any atom is -0.306 e. The van der Waals surface area contributed by atoms with Crippen LogP contribution in [0.15, 0.2) is 12.1 Å². The predicted octanol–water partition coefficient (Wildman–Crippen LogP) is 2.67. The monoisotopic (exact) mass is 259 g/mol. The second kappa shape index (κ2) is 4.40. The molecule has 17 heavy (non-hydrogen) atoms. The fourth-order valence-corrected chi connectivity index (χ4v) is 1.03. The summed E-state index contributed by atoms with van der Waals surface area (Å²) < 4.78 is 73.9. The smallest absolute Gasteiger partial charge is 0.306 e. The molecule has 0 aromatic carbocycles. The van der Waals surface area contributed by atoms with Crippen molar-refractivity contribution < 1.29 is 26.3 Å². The number of alkyl halides is 6. The Hall–Kier alpha value is -1.51. The van der Waals surface area contributed by atoms with Gasteiger partial charge >= 0.3 is 12.4 Å². The van der Waals surface area contributed by atoms with Gasteiger partial charge in [0.15, 0.2) is 0 Å². The zero-order chi connectivity index (χ0) is 13.3. The number of anilines is 1. The van der Waals surface area contributed by atoms with Crippen molar-refractivity contribution in [3.8, 4) is 0 Å². The second-order valence-corrected chi connectivity index (χ2v) is 3.00. The van der Waals surface area contributed by atoms with E-state index in [2.05, 4.69) is 15.8 Å². The van der Waals surface area contributed by atoms with Crippen molar-refractivity contribution in [3.05, 3.63) is 23.4 Å². The number of pyridine rings is 1. The Morgan fingerprint density at radius 2 is 1.59 bits per heavy atom. The van der Waals surface area contributed by atoms with Gasteiger partial charge in [-0.3, -0.25) is 0 Å². The Balaban J connectivity index is 3.29.